The fourth-order valence-electron chi connectivity index (χ4n) is 4.17. The lowest BCUT2D eigenvalue weighted by Crippen LogP contribution is -2.37. The second-order valence-corrected chi connectivity index (χ2v) is 9.14. The van der Waals surface area contributed by atoms with Gasteiger partial charge in [0.15, 0.2) is 11.5 Å². The van der Waals surface area contributed by atoms with Crippen molar-refractivity contribution in [3.63, 3.8) is 0 Å². The molecule has 0 saturated carbocycles. The molecule has 1 aromatic heterocycles. The molecule has 0 aliphatic heterocycles. The van der Waals surface area contributed by atoms with Gasteiger partial charge >= 0.3 is 6.03 Å². The molecule has 3 aromatic carbocycles. The molecule has 0 aliphatic rings. The number of anilines is 1. The Morgan fingerprint density at radius 1 is 0.973 bits per heavy atom. The summed E-state index contributed by atoms with van der Waals surface area (Å²) in [6, 6.07) is 20.1. The van der Waals surface area contributed by atoms with Crippen LogP contribution in [-0.2, 0) is 19.4 Å². The van der Waals surface area contributed by atoms with E-state index in [0.717, 1.165) is 22.9 Å². The number of aryl methyl sites for hydroxylation is 1. The number of pyridine rings is 1. The number of carbonyl (C=O) groups is 1. The molecular formula is C29H30ClN3O4. The number of carbonyl (C=O) groups excluding carboxylic acids is 1. The SMILES string of the molecule is CCc1ccc2[nH]c(=O)c(CN(CCc3ccc(OC)c(OC)c3)C(=O)Nc3cccc(Cl)c3)cc2c1. The Bertz CT molecular complexity index is 1470. The number of aromatic nitrogens is 1. The lowest BCUT2D eigenvalue weighted by molar-refractivity contribution is 0.209. The van der Waals surface area contributed by atoms with E-state index >= 15 is 0 Å². The molecule has 8 heteroatoms. The summed E-state index contributed by atoms with van der Waals surface area (Å²) in [4.78, 5) is 30.9. The minimum atomic E-state index is -0.329. The molecule has 0 radical (unpaired) electrons. The minimum Gasteiger partial charge on any atom is -0.493 e. The van der Waals surface area contributed by atoms with E-state index in [0.29, 0.717) is 40.7 Å². The first-order chi connectivity index (χ1) is 17.9. The van der Waals surface area contributed by atoms with Gasteiger partial charge in [0.2, 0.25) is 0 Å². The number of H-pyrrole nitrogens is 1. The van der Waals surface area contributed by atoms with Crippen molar-refractivity contribution in [3.8, 4) is 11.5 Å². The van der Waals surface area contributed by atoms with Crippen LogP contribution < -0.4 is 20.3 Å². The highest BCUT2D eigenvalue weighted by Crippen LogP contribution is 2.28. The van der Waals surface area contributed by atoms with Crippen molar-refractivity contribution in [2.75, 3.05) is 26.1 Å². The van der Waals surface area contributed by atoms with Crippen LogP contribution in [0.25, 0.3) is 10.9 Å². The molecule has 0 saturated heterocycles. The van der Waals surface area contributed by atoms with E-state index in [9.17, 15) is 9.59 Å². The molecule has 4 aromatic rings. The third-order valence-corrected chi connectivity index (χ3v) is 6.47. The number of hydrogen-bond donors (Lipinski definition) is 2. The van der Waals surface area contributed by atoms with E-state index < -0.39 is 0 Å². The van der Waals surface area contributed by atoms with Crippen molar-refractivity contribution in [1.82, 2.24) is 9.88 Å². The summed E-state index contributed by atoms with van der Waals surface area (Å²) < 4.78 is 10.7. The van der Waals surface area contributed by atoms with Crippen LogP contribution in [-0.4, -0.2) is 36.7 Å². The van der Waals surface area contributed by atoms with Gasteiger partial charge in [0.05, 0.1) is 20.8 Å². The first kappa shape index (κ1) is 26.1. The van der Waals surface area contributed by atoms with E-state index in [1.807, 2.05) is 36.4 Å². The van der Waals surface area contributed by atoms with Crippen LogP contribution in [0.1, 0.15) is 23.6 Å². The molecule has 7 nitrogen and oxygen atoms in total. The molecule has 2 amide bonds. The first-order valence-corrected chi connectivity index (χ1v) is 12.4. The second kappa shape index (κ2) is 11.8. The summed E-state index contributed by atoms with van der Waals surface area (Å²) in [6.45, 7) is 2.60. The number of aromatic amines is 1. The summed E-state index contributed by atoms with van der Waals surface area (Å²) in [5.74, 6) is 1.25. The van der Waals surface area contributed by atoms with Crippen LogP contribution >= 0.6 is 11.6 Å². The van der Waals surface area contributed by atoms with Crippen molar-refractivity contribution >= 4 is 34.2 Å². The summed E-state index contributed by atoms with van der Waals surface area (Å²) >= 11 is 6.10. The molecule has 192 valence electrons. The van der Waals surface area contributed by atoms with Gasteiger partial charge in [0.25, 0.3) is 5.56 Å². The number of benzene rings is 3. The second-order valence-electron chi connectivity index (χ2n) is 8.70. The average molecular weight is 520 g/mol. The number of halogens is 1. The number of ether oxygens (including phenoxy) is 2. The normalized spacial score (nSPS) is 10.8. The molecular weight excluding hydrogens is 490 g/mol. The monoisotopic (exact) mass is 519 g/mol. The largest absolute Gasteiger partial charge is 0.493 e. The van der Waals surface area contributed by atoms with Crippen LogP contribution in [0.5, 0.6) is 11.5 Å². The Hall–Kier alpha value is -3.97. The van der Waals surface area contributed by atoms with E-state index in [2.05, 4.69) is 23.3 Å². The van der Waals surface area contributed by atoms with Crippen molar-refractivity contribution in [3.05, 3.63) is 98.8 Å². The van der Waals surface area contributed by atoms with Gasteiger partial charge in [-0.15, -0.1) is 0 Å². The van der Waals surface area contributed by atoms with Crippen LogP contribution in [0.2, 0.25) is 5.02 Å². The number of rotatable bonds is 9. The topological polar surface area (TPSA) is 83.7 Å². The fraction of sp³-hybridized carbons (Fsp3) is 0.241. The molecule has 0 atom stereocenters. The highest BCUT2D eigenvalue weighted by Gasteiger charge is 2.17. The van der Waals surface area contributed by atoms with Crippen LogP contribution in [0.4, 0.5) is 10.5 Å². The predicted molar refractivity (Wildman–Crippen MR) is 148 cm³/mol. The molecule has 37 heavy (non-hydrogen) atoms. The standard InChI is InChI=1S/C29H30ClN3O4/c1-4-19-8-10-25-21(14-19)16-22(28(34)32-25)18-33(29(35)31-24-7-5-6-23(30)17-24)13-12-20-9-11-26(36-2)27(15-20)37-3/h5-11,14-17H,4,12-13,18H2,1-3H3,(H,31,35)(H,32,34). The van der Waals surface area contributed by atoms with Crippen molar-refractivity contribution in [1.29, 1.82) is 0 Å². The van der Waals surface area contributed by atoms with Gasteiger partial charge in [0.1, 0.15) is 0 Å². The highest BCUT2D eigenvalue weighted by atomic mass is 35.5. The predicted octanol–water partition coefficient (Wildman–Crippen LogP) is 6.04. The third kappa shape index (κ3) is 6.43. The fourth-order valence-corrected chi connectivity index (χ4v) is 4.36. The Morgan fingerprint density at radius 2 is 1.76 bits per heavy atom. The molecule has 0 bridgehead atoms. The van der Waals surface area contributed by atoms with E-state index in [1.165, 1.54) is 5.56 Å². The minimum absolute atomic E-state index is 0.140. The van der Waals surface area contributed by atoms with Gasteiger partial charge in [-0.25, -0.2) is 4.79 Å². The maximum Gasteiger partial charge on any atom is 0.322 e. The van der Waals surface area contributed by atoms with E-state index in [1.54, 1.807) is 43.4 Å². The van der Waals surface area contributed by atoms with Gasteiger partial charge in [-0.3, -0.25) is 4.79 Å². The first-order valence-electron chi connectivity index (χ1n) is 12.1. The van der Waals surface area contributed by atoms with Crippen molar-refractivity contribution < 1.29 is 14.3 Å². The summed E-state index contributed by atoms with van der Waals surface area (Å²) in [6.07, 6.45) is 1.44. The zero-order valence-electron chi connectivity index (χ0n) is 21.1. The molecule has 0 fully saturated rings. The summed E-state index contributed by atoms with van der Waals surface area (Å²) in [5.41, 5.74) is 3.78. The Balaban J connectivity index is 1.62. The quantitative estimate of drug-likeness (QED) is 0.282. The number of amides is 2. The van der Waals surface area contributed by atoms with Gasteiger partial charge in [-0.2, -0.15) is 0 Å². The maximum atomic E-state index is 13.4. The molecule has 2 N–H and O–H groups in total. The van der Waals surface area contributed by atoms with Crippen LogP contribution in [0.15, 0.2) is 71.5 Å². The summed E-state index contributed by atoms with van der Waals surface area (Å²) in [5, 5.41) is 4.36. The number of methoxy groups -OCH3 is 2. The Morgan fingerprint density at radius 3 is 2.49 bits per heavy atom. The number of hydrogen-bond acceptors (Lipinski definition) is 4. The molecule has 4 rings (SSSR count). The van der Waals surface area contributed by atoms with Gasteiger partial charge in [-0.05, 0) is 77.9 Å². The van der Waals surface area contributed by atoms with E-state index in [4.69, 9.17) is 21.1 Å². The molecule has 0 aliphatic carbocycles. The zero-order chi connectivity index (χ0) is 26.4. The van der Waals surface area contributed by atoms with Gasteiger partial charge < -0.3 is 24.7 Å². The smallest absolute Gasteiger partial charge is 0.322 e. The average Bonchev–Trinajstić information content (AvgIpc) is 2.90. The lowest BCUT2D eigenvalue weighted by atomic mass is 10.1. The lowest BCUT2D eigenvalue weighted by Gasteiger charge is -2.23. The number of nitrogens with zero attached hydrogens (tertiary/aromatic N) is 1. The molecule has 0 unspecified atom stereocenters. The van der Waals surface area contributed by atoms with Crippen LogP contribution in [0, 0.1) is 0 Å². The maximum absolute atomic E-state index is 13.4. The number of urea groups is 1. The van der Waals surface area contributed by atoms with Gasteiger partial charge in [-0.1, -0.05) is 36.7 Å². The van der Waals surface area contributed by atoms with Gasteiger partial charge in [0, 0.05) is 28.3 Å². The van der Waals surface area contributed by atoms with Crippen molar-refractivity contribution in [2.45, 2.75) is 26.3 Å². The summed E-state index contributed by atoms with van der Waals surface area (Å²) in [7, 11) is 3.17. The number of fused-ring (bicyclic) bond motifs is 1. The highest BCUT2D eigenvalue weighted by molar-refractivity contribution is 6.30. The molecule has 1 heterocycles. The molecule has 0 spiro atoms. The van der Waals surface area contributed by atoms with E-state index in [-0.39, 0.29) is 18.1 Å². The van der Waals surface area contributed by atoms with Crippen LogP contribution in [0.3, 0.4) is 0 Å². The number of nitrogens with one attached hydrogen (secondary N) is 2. The Kier molecular flexibility index (Phi) is 8.36. The van der Waals surface area contributed by atoms with Crippen molar-refractivity contribution in [2.24, 2.45) is 0 Å². The third-order valence-electron chi connectivity index (χ3n) is 6.24. The Labute approximate surface area is 221 Å². The zero-order valence-corrected chi connectivity index (χ0v) is 21.9.